The number of hydrogen-bond donors (Lipinski definition) is 2. The molecule has 1 aromatic carbocycles. The number of hydrogen-bond acceptors (Lipinski definition) is 4. The summed E-state index contributed by atoms with van der Waals surface area (Å²) in [5.41, 5.74) is 0.565. The molecule has 2 N–H and O–H groups in total. The molecule has 7 heteroatoms. The van der Waals surface area contributed by atoms with Gasteiger partial charge in [0.25, 0.3) is 0 Å². The molecule has 0 aliphatic rings. The van der Waals surface area contributed by atoms with Crippen LogP contribution in [0.25, 0.3) is 0 Å². The standard InChI is InChI=1S/C16H18FNO5/c1-2-23-15(20)5-3-4-13(16(21)22)18-14(19)10-11-6-8-12(17)9-7-11/h3,5-9,13H,2,4,10H2,1H3,(H,18,19)(H,21,22)/b5-3+/t13-/m0/s1. The van der Waals surface area contributed by atoms with Crippen LogP contribution in [0.4, 0.5) is 4.39 Å². The Morgan fingerprint density at radius 2 is 1.96 bits per heavy atom. The van der Waals surface area contributed by atoms with E-state index in [2.05, 4.69) is 10.1 Å². The first-order chi connectivity index (χ1) is 10.9. The predicted molar refractivity (Wildman–Crippen MR) is 80.1 cm³/mol. The van der Waals surface area contributed by atoms with Crippen LogP contribution in [0.15, 0.2) is 36.4 Å². The molecule has 23 heavy (non-hydrogen) atoms. The quantitative estimate of drug-likeness (QED) is 0.558. The van der Waals surface area contributed by atoms with Crippen LogP contribution in [0, 0.1) is 5.82 Å². The molecular formula is C16H18FNO5. The maximum absolute atomic E-state index is 12.8. The lowest BCUT2D eigenvalue weighted by molar-refractivity contribution is -0.141. The molecule has 0 fully saturated rings. The Hall–Kier alpha value is -2.70. The summed E-state index contributed by atoms with van der Waals surface area (Å²) in [5, 5.41) is 11.4. The van der Waals surface area contributed by atoms with Gasteiger partial charge >= 0.3 is 11.9 Å². The van der Waals surface area contributed by atoms with Gasteiger partial charge in [0.05, 0.1) is 13.0 Å². The lowest BCUT2D eigenvalue weighted by Gasteiger charge is -2.12. The SMILES string of the molecule is CCOC(=O)/C=C/C[C@H](NC(=O)Cc1ccc(F)cc1)C(=O)O. The third-order valence-electron chi connectivity index (χ3n) is 2.82. The van der Waals surface area contributed by atoms with E-state index in [0.29, 0.717) is 5.56 Å². The van der Waals surface area contributed by atoms with E-state index in [4.69, 9.17) is 5.11 Å². The third-order valence-corrected chi connectivity index (χ3v) is 2.82. The van der Waals surface area contributed by atoms with Crippen molar-refractivity contribution >= 4 is 17.8 Å². The normalized spacial score (nSPS) is 11.9. The fourth-order valence-corrected chi connectivity index (χ4v) is 1.75. The first-order valence-corrected chi connectivity index (χ1v) is 7.02. The van der Waals surface area contributed by atoms with Crippen molar-refractivity contribution < 1.29 is 28.6 Å². The zero-order valence-electron chi connectivity index (χ0n) is 12.6. The lowest BCUT2D eigenvalue weighted by Crippen LogP contribution is -2.41. The van der Waals surface area contributed by atoms with E-state index >= 15 is 0 Å². The van der Waals surface area contributed by atoms with Crippen LogP contribution in [0.2, 0.25) is 0 Å². The topological polar surface area (TPSA) is 92.7 Å². The smallest absolute Gasteiger partial charge is 0.330 e. The Bertz CT molecular complexity index is 583. The van der Waals surface area contributed by atoms with Crippen molar-refractivity contribution in [2.24, 2.45) is 0 Å². The summed E-state index contributed by atoms with van der Waals surface area (Å²) in [4.78, 5) is 34.1. The number of rotatable bonds is 8. The minimum atomic E-state index is -1.22. The molecule has 0 unspecified atom stereocenters. The zero-order valence-corrected chi connectivity index (χ0v) is 12.6. The molecule has 0 aliphatic heterocycles. The van der Waals surface area contributed by atoms with Crippen molar-refractivity contribution in [1.82, 2.24) is 5.32 Å². The van der Waals surface area contributed by atoms with Gasteiger partial charge in [0, 0.05) is 6.08 Å². The van der Waals surface area contributed by atoms with Crippen LogP contribution in [-0.4, -0.2) is 35.6 Å². The highest BCUT2D eigenvalue weighted by molar-refractivity contribution is 5.85. The summed E-state index contributed by atoms with van der Waals surface area (Å²) in [6, 6.07) is 4.18. The molecule has 0 saturated heterocycles. The van der Waals surface area contributed by atoms with Crippen LogP contribution in [0.5, 0.6) is 0 Å². The monoisotopic (exact) mass is 323 g/mol. The average Bonchev–Trinajstić information content (AvgIpc) is 2.48. The molecule has 1 amide bonds. The van der Waals surface area contributed by atoms with Gasteiger partial charge in [-0.15, -0.1) is 0 Å². The van der Waals surface area contributed by atoms with Crippen molar-refractivity contribution in [3.8, 4) is 0 Å². The summed E-state index contributed by atoms with van der Waals surface area (Å²) in [6.07, 6.45) is 2.33. The van der Waals surface area contributed by atoms with Gasteiger partial charge < -0.3 is 15.2 Å². The summed E-state index contributed by atoms with van der Waals surface area (Å²) in [5.74, 6) is -2.71. The number of carbonyl (C=O) groups is 3. The van der Waals surface area contributed by atoms with E-state index in [0.717, 1.165) is 6.08 Å². The molecule has 1 atom stereocenters. The largest absolute Gasteiger partial charge is 0.480 e. The van der Waals surface area contributed by atoms with E-state index in [-0.39, 0.29) is 19.4 Å². The lowest BCUT2D eigenvalue weighted by atomic mass is 10.1. The fraction of sp³-hybridized carbons (Fsp3) is 0.312. The van der Waals surface area contributed by atoms with Crippen molar-refractivity contribution in [1.29, 1.82) is 0 Å². The number of nitrogens with one attached hydrogen (secondary N) is 1. The number of ether oxygens (including phenoxy) is 1. The molecule has 1 aromatic rings. The van der Waals surface area contributed by atoms with Crippen molar-refractivity contribution in [2.45, 2.75) is 25.8 Å². The minimum Gasteiger partial charge on any atom is -0.480 e. The Morgan fingerprint density at radius 1 is 1.30 bits per heavy atom. The van der Waals surface area contributed by atoms with Gasteiger partial charge in [0.1, 0.15) is 11.9 Å². The maximum atomic E-state index is 12.8. The molecule has 0 bridgehead atoms. The fourth-order valence-electron chi connectivity index (χ4n) is 1.75. The summed E-state index contributed by atoms with van der Waals surface area (Å²) < 4.78 is 17.4. The molecule has 0 aliphatic carbocycles. The van der Waals surface area contributed by atoms with E-state index in [1.54, 1.807) is 6.92 Å². The van der Waals surface area contributed by atoms with Gasteiger partial charge in [-0.3, -0.25) is 4.79 Å². The Kier molecular flexibility index (Phi) is 7.45. The highest BCUT2D eigenvalue weighted by atomic mass is 19.1. The van der Waals surface area contributed by atoms with Gasteiger partial charge in [0.15, 0.2) is 0 Å². The maximum Gasteiger partial charge on any atom is 0.330 e. The van der Waals surface area contributed by atoms with Gasteiger partial charge in [0.2, 0.25) is 5.91 Å². The molecule has 6 nitrogen and oxygen atoms in total. The van der Waals surface area contributed by atoms with E-state index < -0.39 is 29.7 Å². The molecule has 1 rings (SSSR count). The second kappa shape index (κ2) is 9.34. The first kappa shape index (κ1) is 18.3. The van der Waals surface area contributed by atoms with Crippen LogP contribution >= 0.6 is 0 Å². The number of esters is 1. The van der Waals surface area contributed by atoms with Crippen LogP contribution in [-0.2, 0) is 25.5 Å². The second-order valence-electron chi connectivity index (χ2n) is 4.65. The summed E-state index contributed by atoms with van der Waals surface area (Å²) in [7, 11) is 0. The van der Waals surface area contributed by atoms with Crippen LogP contribution in [0.3, 0.4) is 0 Å². The molecule has 0 radical (unpaired) electrons. The highest BCUT2D eigenvalue weighted by Gasteiger charge is 2.18. The molecular weight excluding hydrogens is 305 g/mol. The molecule has 124 valence electrons. The van der Waals surface area contributed by atoms with Crippen molar-refractivity contribution in [3.05, 3.63) is 47.8 Å². The van der Waals surface area contributed by atoms with Crippen molar-refractivity contribution in [3.63, 3.8) is 0 Å². The molecule has 0 spiro atoms. The van der Waals surface area contributed by atoms with E-state index in [1.807, 2.05) is 0 Å². The number of aliphatic carboxylic acids is 1. The minimum absolute atomic E-state index is 0.0523. The van der Waals surface area contributed by atoms with Crippen molar-refractivity contribution in [2.75, 3.05) is 6.61 Å². The number of amides is 1. The number of benzene rings is 1. The van der Waals surface area contributed by atoms with Crippen LogP contribution < -0.4 is 5.32 Å². The van der Waals surface area contributed by atoms with Gasteiger partial charge in [-0.25, -0.2) is 14.0 Å². The van der Waals surface area contributed by atoms with Crippen LogP contribution in [0.1, 0.15) is 18.9 Å². The number of halogens is 1. The summed E-state index contributed by atoms with van der Waals surface area (Å²) in [6.45, 7) is 1.88. The Balaban J connectivity index is 2.54. The Labute approximate surface area is 132 Å². The van der Waals surface area contributed by atoms with Gasteiger partial charge in [-0.2, -0.15) is 0 Å². The zero-order chi connectivity index (χ0) is 17.2. The highest BCUT2D eigenvalue weighted by Crippen LogP contribution is 2.04. The average molecular weight is 323 g/mol. The van der Waals surface area contributed by atoms with E-state index in [9.17, 15) is 18.8 Å². The van der Waals surface area contributed by atoms with Gasteiger partial charge in [-0.1, -0.05) is 18.2 Å². The molecule has 0 aromatic heterocycles. The molecule has 0 heterocycles. The summed E-state index contributed by atoms with van der Waals surface area (Å²) >= 11 is 0. The van der Waals surface area contributed by atoms with Gasteiger partial charge in [-0.05, 0) is 31.0 Å². The number of carboxylic acids is 1. The third kappa shape index (κ3) is 7.21. The number of carbonyl (C=O) groups excluding carboxylic acids is 2. The molecule has 0 saturated carbocycles. The second-order valence-corrected chi connectivity index (χ2v) is 4.65. The Morgan fingerprint density at radius 3 is 2.52 bits per heavy atom. The number of carboxylic acid groups (broad SMARTS) is 1. The van der Waals surface area contributed by atoms with E-state index in [1.165, 1.54) is 30.3 Å². The predicted octanol–water partition coefficient (Wildman–Crippen LogP) is 1.45. The first-order valence-electron chi connectivity index (χ1n) is 7.02.